The Labute approximate surface area is 84.7 Å². The van der Waals surface area contributed by atoms with E-state index in [1.807, 2.05) is 11.8 Å². The van der Waals surface area contributed by atoms with Crippen LogP contribution in [0.1, 0.15) is 45.4 Å². The summed E-state index contributed by atoms with van der Waals surface area (Å²) in [6.07, 6.45) is 7.23. The van der Waals surface area contributed by atoms with E-state index in [0.717, 1.165) is 19.3 Å². The van der Waals surface area contributed by atoms with Crippen molar-refractivity contribution in [3.8, 4) is 0 Å². The van der Waals surface area contributed by atoms with Crippen LogP contribution in [0.4, 0.5) is 0 Å². The lowest BCUT2D eigenvalue weighted by atomic mass is 9.89. The Morgan fingerprint density at radius 3 is 2.54 bits per heavy atom. The zero-order chi connectivity index (χ0) is 9.31. The third-order valence-electron chi connectivity index (χ3n) is 3.47. The Bertz CT molecular complexity index is 200. The van der Waals surface area contributed by atoms with E-state index in [0.29, 0.717) is 11.7 Å². The largest absolute Gasteiger partial charge is 0.298 e. The minimum absolute atomic E-state index is 0.00495. The molecule has 2 fully saturated rings. The molecule has 1 nitrogen and oxygen atoms in total. The van der Waals surface area contributed by atoms with Crippen LogP contribution in [0, 0.1) is 5.92 Å². The van der Waals surface area contributed by atoms with Crippen LogP contribution >= 0.6 is 11.8 Å². The molecule has 0 spiro atoms. The SMILES string of the molecule is CC1(C(=O)C2CCCC2)CCCS1. The molecule has 1 unspecified atom stereocenters. The van der Waals surface area contributed by atoms with Crippen LogP contribution in [0.15, 0.2) is 0 Å². The van der Waals surface area contributed by atoms with Crippen molar-refractivity contribution in [2.24, 2.45) is 5.92 Å². The van der Waals surface area contributed by atoms with Crippen molar-refractivity contribution in [1.82, 2.24) is 0 Å². The molecule has 1 aliphatic carbocycles. The molecule has 1 saturated carbocycles. The van der Waals surface area contributed by atoms with Crippen molar-refractivity contribution in [3.05, 3.63) is 0 Å². The number of carbonyl (C=O) groups is 1. The summed E-state index contributed by atoms with van der Waals surface area (Å²) >= 11 is 1.89. The highest BCUT2D eigenvalue weighted by Gasteiger charge is 2.41. The van der Waals surface area contributed by atoms with E-state index in [9.17, 15) is 4.79 Å². The quantitative estimate of drug-likeness (QED) is 0.678. The van der Waals surface area contributed by atoms with Gasteiger partial charge in [0.1, 0.15) is 0 Å². The maximum Gasteiger partial charge on any atom is 0.151 e. The Balaban J connectivity index is 2.02. The summed E-state index contributed by atoms with van der Waals surface area (Å²) in [5.74, 6) is 2.16. The molecule has 1 atom stereocenters. The molecule has 0 aromatic heterocycles. The molecule has 0 aromatic rings. The summed E-state index contributed by atoms with van der Waals surface area (Å²) in [5, 5.41) is 0. The smallest absolute Gasteiger partial charge is 0.151 e. The summed E-state index contributed by atoms with van der Waals surface area (Å²) < 4.78 is -0.00495. The zero-order valence-electron chi connectivity index (χ0n) is 8.34. The maximum atomic E-state index is 12.1. The highest BCUT2D eigenvalue weighted by atomic mass is 32.2. The molecule has 74 valence electrons. The number of hydrogen-bond donors (Lipinski definition) is 0. The van der Waals surface area contributed by atoms with E-state index >= 15 is 0 Å². The third-order valence-corrected chi connectivity index (χ3v) is 5.00. The first-order valence-electron chi connectivity index (χ1n) is 5.41. The van der Waals surface area contributed by atoms with Gasteiger partial charge in [0, 0.05) is 5.92 Å². The van der Waals surface area contributed by atoms with Crippen LogP contribution in [-0.4, -0.2) is 16.3 Å². The van der Waals surface area contributed by atoms with E-state index in [4.69, 9.17) is 0 Å². The number of rotatable bonds is 2. The summed E-state index contributed by atoms with van der Waals surface area (Å²) in [7, 11) is 0. The Morgan fingerprint density at radius 1 is 1.31 bits per heavy atom. The van der Waals surface area contributed by atoms with Crippen molar-refractivity contribution in [3.63, 3.8) is 0 Å². The average molecular weight is 198 g/mol. The summed E-state index contributed by atoms with van der Waals surface area (Å²) in [6.45, 7) is 2.16. The fraction of sp³-hybridized carbons (Fsp3) is 0.909. The molecular formula is C11H18OS. The Morgan fingerprint density at radius 2 is 2.00 bits per heavy atom. The fourth-order valence-electron chi connectivity index (χ4n) is 2.59. The first-order chi connectivity index (χ1) is 6.22. The van der Waals surface area contributed by atoms with E-state index in [-0.39, 0.29) is 4.75 Å². The molecule has 1 heterocycles. The normalized spacial score (nSPS) is 35.5. The molecule has 13 heavy (non-hydrogen) atoms. The minimum Gasteiger partial charge on any atom is -0.298 e. The van der Waals surface area contributed by atoms with Gasteiger partial charge in [0.2, 0.25) is 0 Å². The van der Waals surface area contributed by atoms with E-state index in [2.05, 4.69) is 6.92 Å². The summed E-state index contributed by atoms with van der Waals surface area (Å²) in [5.41, 5.74) is 0. The van der Waals surface area contributed by atoms with Gasteiger partial charge < -0.3 is 0 Å². The van der Waals surface area contributed by atoms with Crippen LogP contribution in [0.3, 0.4) is 0 Å². The molecular weight excluding hydrogens is 180 g/mol. The van der Waals surface area contributed by atoms with E-state index in [1.165, 1.54) is 25.0 Å². The summed E-state index contributed by atoms with van der Waals surface area (Å²) in [4.78, 5) is 12.1. The number of ketones is 1. The van der Waals surface area contributed by atoms with Gasteiger partial charge in [-0.05, 0) is 38.4 Å². The van der Waals surface area contributed by atoms with Crippen molar-refractivity contribution in [2.45, 2.75) is 50.2 Å². The lowest BCUT2D eigenvalue weighted by molar-refractivity contribution is -0.124. The van der Waals surface area contributed by atoms with Crippen molar-refractivity contribution in [2.75, 3.05) is 5.75 Å². The lowest BCUT2D eigenvalue weighted by Gasteiger charge is -2.24. The van der Waals surface area contributed by atoms with Crippen LogP contribution < -0.4 is 0 Å². The van der Waals surface area contributed by atoms with Crippen LogP contribution in [-0.2, 0) is 4.79 Å². The monoisotopic (exact) mass is 198 g/mol. The Hall–Kier alpha value is 0.0200. The average Bonchev–Trinajstić information content (AvgIpc) is 2.73. The van der Waals surface area contributed by atoms with Gasteiger partial charge in [-0.2, -0.15) is 0 Å². The second-order valence-corrected chi connectivity index (χ2v) is 6.13. The third kappa shape index (κ3) is 1.78. The molecule has 2 aliphatic rings. The predicted molar refractivity (Wildman–Crippen MR) is 57.1 cm³/mol. The fourth-order valence-corrected chi connectivity index (χ4v) is 3.93. The van der Waals surface area contributed by atoms with Crippen molar-refractivity contribution < 1.29 is 4.79 Å². The zero-order valence-corrected chi connectivity index (χ0v) is 9.16. The van der Waals surface area contributed by atoms with Crippen LogP contribution in [0.2, 0.25) is 0 Å². The van der Waals surface area contributed by atoms with E-state index < -0.39 is 0 Å². The molecule has 0 aromatic carbocycles. The molecule has 2 heteroatoms. The van der Waals surface area contributed by atoms with E-state index in [1.54, 1.807) is 0 Å². The van der Waals surface area contributed by atoms with Crippen molar-refractivity contribution >= 4 is 17.5 Å². The van der Waals surface area contributed by atoms with Crippen LogP contribution in [0.5, 0.6) is 0 Å². The van der Waals surface area contributed by atoms with Crippen molar-refractivity contribution in [1.29, 1.82) is 0 Å². The van der Waals surface area contributed by atoms with Gasteiger partial charge in [0.15, 0.2) is 5.78 Å². The molecule has 0 N–H and O–H groups in total. The minimum atomic E-state index is -0.00495. The molecule has 1 saturated heterocycles. The van der Waals surface area contributed by atoms with Gasteiger partial charge in [-0.3, -0.25) is 4.79 Å². The van der Waals surface area contributed by atoms with Gasteiger partial charge in [-0.1, -0.05) is 12.8 Å². The Kier molecular flexibility index (Phi) is 2.68. The molecule has 0 amide bonds. The first kappa shape index (κ1) is 9.57. The standard InChI is InChI=1S/C11H18OS/c1-11(7-4-8-13-11)10(12)9-5-2-3-6-9/h9H,2-8H2,1H3. The molecule has 0 radical (unpaired) electrons. The maximum absolute atomic E-state index is 12.1. The highest BCUT2D eigenvalue weighted by Crippen LogP contribution is 2.42. The van der Waals surface area contributed by atoms with Gasteiger partial charge in [0.25, 0.3) is 0 Å². The highest BCUT2D eigenvalue weighted by molar-refractivity contribution is 8.01. The predicted octanol–water partition coefficient (Wildman–Crippen LogP) is 3.03. The number of Topliss-reactive ketones (excluding diaryl/α,β-unsaturated/α-hetero) is 1. The lowest BCUT2D eigenvalue weighted by Crippen LogP contribution is -2.33. The molecule has 1 aliphatic heterocycles. The van der Waals surface area contributed by atoms with Gasteiger partial charge in [0.05, 0.1) is 4.75 Å². The van der Waals surface area contributed by atoms with Gasteiger partial charge >= 0.3 is 0 Å². The first-order valence-corrected chi connectivity index (χ1v) is 6.39. The topological polar surface area (TPSA) is 17.1 Å². The number of hydrogen-bond acceptors (Lipinski definition) is 2. The van der Waals surface area contributed by atoms with Crippen LogP contribution in [0.25, 0.3) is 0 Å². The molecule has 0 bridgehead atoms. The number of carbonyl (C=O) groups excluding carboxylic acids is 1. The molecule has 2 rings (SSSR count). The summed E-state index contributed by atoms with van der Waals surface area (Å²) in [6, 6.07) is 0. The number of thioether (sulfide) groups is 1. The van der Waals surface area contributed by atoms with Gasteiger partial charge in [-0.25, -0.2) is 0 Å². The second-order valence-electron chi connectivity index (χ2n) is 4.53. The second kappa shape index (κ2) is 3.64. The van der Waals surface area contributed by atoms with Gasteiger partial charge in [-0.15, -0.1) is 11.8 Å².